The third kappa shape index (κ3) is 2.03. The molecular formula is C10H8Cl3N3. The summed E-state index contributed by atoms with van der Waals surface area (Å²) < 4.78 is 1.58. The molecule has 0 fully saturated rings. The first kappa shape index (κ1) is 11.7. The molecule has 0 aliphatic carbocycles. The van der Waals surface area contributed by atoms with E-state index in [1.54, 1.807) is 23.0 Å². The van der Waals surface area contributed by atoms with Crippen LogP contribution < -0.4 is 0 Å². The van der Waals surface area contributed by atoms with Crippen LogP contribution in [0.2, 0.25) is 10.0 Å². The molecule has 0 atom stereocenters. The van der Waals surface area contributed by atoms with E-state index in [-0.39, 0.29) is 0 Å². The summed E-state index contributed by atoms with van der Waals surface area (Å²) in [4.78, 5) is 0. The van der Waals surface area contributed by atoms with E-state index in [9.17, 15) is 0 Å². The Morgan fingerprint density at radius 3 is 2.69 bits per heavy atom. The predicted octanol–water partition coefficient (Wildman–Crippen LogP) is 3.62. The molecule has 1 aromatic heterocycles. The molecule has 0 N–H and O–H groups in total. The molecular weight excluding hydrogens is 268 g/mol. The first-order valence-electron chi connectivity index (χ1n) is 4.55. The van der Waals surface area contributed by atoms with Crippen molar-refractivity contribution in [1.82, 2.24) is 15.0 Å². The van der Waals surface area contributed by atoms with Crippen LogP contribution in [0.25, 0.3) is 5.69 Å². The second-order valence-electron chi connectivity index (χ2n) is 3.32. The van der Waals surface area contributed by atoms with Crippen LogP contribution in [0.4, 0.5) is 0 Å². The number of rotatable bonds is 2. The van der Waals surface area contributed by atoms with Gasteiger partial charge >= 0.3 is 0 Å². The lowest BCUT2D eigenvalue weighted by atomic mass is 10.2. The molecule has 0 spiro atoms. The van der Waals surface area contributed by atoms with Crippen LogP contribution in [0.3, 0.4) is 0 Å². The monoisotopic (exact) mass is 275 g/mol. The molecule has 6 heteroatoms. The van der Waals surface area contributed by atoms with Gasteiger partial charge in [-0.15, -0.1) is 16.7 Å². The molecule has 16 heavy (non-hydrogen) atoms. The van der Waals surface area contributed by atoms with Gasteiger partial charge in [0.2, 0.25) is 0 Å². The number of halogens is 3. The number of aromatic nitrogens is 3. The Bertz CT molecular complexity index is 522. The second kappa shape index (κ2) is 4.62. The molecule has 0 radical (unpaired) electrons. The summed E-state index contributed by atoms with van der Waals surface area (Å²) in [6.07, 6.45) is 1.59. The first-order chi connectivity index (χ1) is 7.63. The van der Waals surface area contributed by atoms with Gasteiger partial charge in [0.1, 0.15) is 0 Å². The molecule has 2 rings (SSSR count). The molecule has 0 bridgehead atoms. The zero-order chi connectivity index (χ0) is 11.7. The van der Waals surface area contributed by atoms with Crippen molar-refractivity contribution >= 4 is 34.8 Å². The third-order valence-electron chi connectivity index (χ3n) is 2.21. The fourth-order valence-electron chi connectivity index (χ4n) is 1.35. The van der Waals surface area contributed by atoms with Crippen molar-refractivity contribution in [3.8, 4) is 5.69 Å². The van der Waals surface area contributed by atoms with Gasteiger partial charge in [0.25, 0.3) is 0 Å². The summed E-state index contributed by atoms with van der Waals surface area (Å²) in [7, 11) is 0. The molecule has 0 amide bonds. The van der Waals surface area contributed by atoms with E-state index < -0.39 is 0 Å². The van der Waals surface area contributed by atoms with Crippen LogP contribution in [0.1, 0.15) is 11.3 Å². The number of aryl methyl sites for hydroxylation is 1. The molecule has 1 heterocycles. The Hall–Kier alpha value is -0.770. The minimum atomic E-state index is 0.314. The van der Waals surface area contributed by atoms with Crippen molar-refractivity contribution in [2.45, 2.75) is 12.8 Å². The number of hydrogen-bond acceptors (Lipinski definition) is 2. The van der Waals surface area contributed by atoms with E-state index in [0.29, 0.717) is 21.6 Å². The van der Waals surface area contributed by atoms with Crippen molar-refractivity contribution < 1.29 is 0 Å². The molecule has 2 aromatic rings. The van der Waals surface area contributed by atoms with Crippen LogP contribution in [-0.4, -0.2) is 15.0 Å². The summed E-state index contributed by atoms with van der Waals surface area (Å²) in [6, 6.07) is 3.54. The molecule has 84 valence electrons. The molecule has 1 aromatic carbocycles. The zero-order valence-corrected chi connectivity index (χ0v) is 10.7. The maximum Gasteiger partial charge on any atom is 0.0868 e. The fraction of sp³-hybridized carbons (Fsp3) is 0.200. The minimum absolute atomic E-state index is 0.314. The van der Waals surface area contributed by atoms with Gasteiger partial charge in [-0.1, -0.05) is 28.4 Å². The lowest BCUT2D eigenvalue weighted by Gasteiger charge is -2.08. The second-order valence-corrected chi connectivity index (χ2v) is 4.41. The predicted molar refractivity (Wildman–Crippen MR) is 65.7 cm³/mol. The van der Waals surface area contributed by atoms with Crippen molar-refractivity contribution in [1.29, 1.82) is 0 Å². The fourth-order valence-corrected chi connectivity index (χ4v) is 1.99. The van der Waals surface area contributed by atoms with Gasteiger partial charge < -0.3 is 0 Å². The van der Waals surface area contributed by atoms with Crippen LogP contribution in [0, 0.1) is 6.92 Å². The van der Waals surface area contributed by atoms with E-state index in [4.69, 9.17) is 34.8 Å². The first-order valence-corrected chi connectivity index (χ1v) is 5.84. The summed E-state index contributed by atoms with van der Waals surface area (Å²) in [5.74, 6) is 0.314. The highest BCUT2D eigenvalue weighted by Gasteiger charge is 2.11. The molecule has 3 nitrogen and oxygen atoms in total. The van der Waals surface area contributed by atoms with Crippen molar-refractivity contribution in [3.63, 3.8) is 0 Å². The molecule has 0 unspecified atom stereocenters. The smallest absolute Gasteiger partial charge is 0.0868 e. The topological polar surface area (TPSA) is 30.7 Å². The van der Waals surface area contributed by atoms with Crippen LogP contribution in [0.5, 0.6) is 0 Å². The number of nitrogens with zero attached hydrogens (tertiary/aromatic N) is 3. The Morgan fingerprint density at radius 1 is 1.25 bits per heavy atom. The van der Waals surface area contributed by atoms with Crippen molar-refractivity contribution in [3.05, 3.63) is 39.6 Å². The normalized spacial score (nSPS) is 10.8. The zero-order valence-electron chi connectivity index (χ0n) is 8.41. The van der Waals surface area contributed by atoms with E-state index in [1.807, 2.05) is 6.92 Å². The number of benzene rings is 1. The Labute approximate surface area is 108 Å². The Balaban J connectivity index is 2.60. The molecule has 0 saturated heterocycles. The largest absolute Gasteiger partial charge is 0.215 e. The standard InChI is InChI=1S/C10H8Cl3N3/c1-6-2-9(13)10(3-8(6)12)16-7(4-11)5-14-15-16/h2-3,5H,4H2,1H3. The van der Waals surface area contributed by atoms with Crippen LogP contribution in [-0.2, 0) is 5.88 Å². The Morgan fingerprint density at radius 2 is 2.00 bits per heavy atom. The average Bonchev–Trinajstić information content (AvgIpc) is 2.71. The summed E-state index contributed by atoms with van der Waals surface area (Å²) >= 11 is 17.9. The maximum absolute atomic E-state index is 6.13. The van der Waals surface area contributed by atoms with Gasteiger partial charge in [0.15, 0.2) is 0 Å². The van der Waals surface area contributed by atoms with E-state index in [2.05, 4.69) is 10.3 Å². The van der Waals surface area contributed by atoms with Gasteiger partial charge in [-0.3, -0.25) is 0 Å². The quantitative estimate of drug-likeness (QED) is 0.784. The highest BCUT2D eigenvalue weighted by Crippen LogP contribution is 2.28. The molecule has 0 aliphatic rings. The van der Waals surface area contributed by atoms with Gasteiger partial charge in [-0.05, 0) is 24.6 Å². The van der Waals surface area contributed by atoms with Crippen LogP contribution >= 0.6 is 34.8 Å². The van der Waals surface area contributed by atoms with Crippen molar-refractivity contribution in [2.75, 3.05) is 0 Å². The van der Waals surface area contributed by atoms with E-state index in [0.717, 1.165) is 11.3 Å². The van der Waals surface area contributed by atoms with E-state index in [1.165, 1.54) is 0 Å². The van der Waals surface area contributed by atoms with Gasteiger partial charge in [-0.25, -0.2) is 4.68 Å². The average molecular weight is 277 g/mol. The highest BCUT2D eigenvalue weighted by molar-refractivity contribution is 6.35. The highest BCUT2D eigenvalue weighted by atomic mass is 35.5. The summed E-state index contributed by atoms with van der Waals surface area (Å²) in [5.41, 5.74) is 2.37. The molecule has 0 saturated carbocycles. The van der Waals surface area contributed by atoms with Crippen LogP contribution in [0.15, 0.2) is 18.3 Å². The summed E-state index contributed by atoms with van der Waals surface area (Å²) in [5, 5.41) is 8.92. The Kier molecular flexibility index (Phi) is 3.38. The van der Waals surface area contributed by atoms with E-state index >= 15 is 0 Å². The van der Waals surface area contributed by atoms with Gasteiger partial charge in [0, 0.05) is 5.02 Å². The molecule has 0 aliphatic heterocycles. The van der Waals surface area contributed by atoms with Gasteiger partial charge in [-0.2, -0.15) is 0 Å². The summed E-state index contributed by atoms with van der Waals surface area (Å²) in [6.45, 7) is 1.89. The van der Waals surface area contributed by atoms with Crippen molar-refractivity contribution in [2.24, 2.45) is 0 Å². The maximum atomic E-state index is 6.13. The lowest BCUT2D eigenvalue weighted by molar-refractivity contribution is 0.781. The number of hydrogen-bond donors (Lipinski definition) is 0. The third-order valence-corrected chi connectivity index (χ3v) is 3.20. The lowest BCUT2D eigenvalue weighted by Crippen LogP contribution is -2.02. The number of alkyl halides is 1. The SMILES string of the molecule is Cc1cc(Cl)c(-n2nncc2CCl)cc1Cl. The van der Waals surface area contributed by atoms with Gasteiger partial charge in [0.05, 0.1) is 28.5 Å². The minimum Gasteiger partial charge on any atom is -0.215 e.